The summed E-state index contributed by atoms with van der Waals surface area (Å²) in [5.74, 6) is -0.470. The van der Waals surface area contributed by atoms with Crippen LogP contribution in [0.15, 0.2) is 47.4 Å². The Morgan fingerprint density at radius 2 is 1.58 bits per heavy atom. The molecule has 0 amide bonds. The van der Waals surface area contributed by atoms with Crippen molar-refractivity contribution in [3.8, 4) is 12.8 Å². The third kappa shape index (κ3) is 9.63. The van der Waals surface area contributed by atoms with E-state index in [1.165, 1.54) is 52.5 Å². The molecule has 0 aliphatic carbocycles. The molecule has 0 aliphatic rings. The average molecular weight is 525 g/mol. The average Bonchev–Trinajstić information content (AvgIpc) is 2.75. The number of halogens is 3. The Bertz CT molecular complexity index is 949. The molecule has 0 unspecified atom stereocenters. The number of hydrogen-bond donors (Lipinski definition) is 1. The second-order valence-electron chi connectivity index (χ2n) is 5.43. The number of anilines is 1. The van der Waals surface area contributed by atoms with Crippen LogP contribution in [0.4, 0.5) is 5.69 Å². The van der Waals surface area contributed by atoms with Crippen molar-refractivity contribution in [3.05, 3.63) is 57.5 Å². The summed E-state index contributed by atoms with van der Waals surface area (Å²) in [5, 5.41) is 9.72. The first-order valence-corrected chi connectivity index (χ1v) is 12.8. The molecule has 0 aromatic heterocycles. The van der Waals surface area contributed by atoms with Gasteiger partial charge in [-0.25, -0.2) is 8.42 Å². The van der Waals surface area contributed by atoms with Crippen molar-refractivity contribution in [2.75, 3.05) is 22.4 Å². The predicted molar refractivity (Wildman–Crippen MR) is 133 cm³/mol. The molecule has 0 aliphatic heterocycles. The Morgan fingerprint density at radius 1 is 1.03 bits per heavy atom. The number of carboxylic acids is 1. The summed E-state index contributed by atoms with van der Waals surface area (Å²) in [6.45, 7) is 4.12. The minimum absolute atomic E-state index is 0.0398. The lowest BCUT2D eigenvalue weighted by molar-refractivity contribution is -0.133. The molecule has 0 heterocycles. The highest BCUT2D eigenvalue weighted by molar-refractivity contribution is 7.99. The molecule has 10 heteroatoms. The molecule has 2 aromatic rings. The second kappa shape index (κ2) is 15.3. The number of nitrogens with zero attached hydrogens (tertiary/aromatic N) is 1. The smallest absolute Gasteiger partial charge is 0.313 e. The maximum atomic E-state index is 13.2. The summed E-state index contributed by atoms with van der Waals surface area (Å²) in [5.41, 5.74) is 0.266. The van der Waals surface area contributed by atoms with Crippen LogP contribution in [0, 0.1) is 12.8 Å². The van der Waals surface area contributed by atoms with Gasteiger partial charge in [0.1, 0.15) is 0 Å². The molecule has 31 heavy (non-hydrogen) atoms. The summed E-state index contributed by atoms with van der Waals surface area (Å²) in [6.07, 6.45) is 8.44. The number of terminal acetylenes is 1. The molecule has 0 radical (unpaired) electrons. The van der Waals surface area contributed by atoms with Gasteiger partial charge in [0.05, 0.1) is 21.4 Å². The van der Waals surface area contributed by atoms with Crippen molar-refractivity contribution in [1.82, 2.24) is 0 Å². The molecular weight excluding hydrogens is 501 g/mol. The van der Waals surface area contributed by atoms with Crippen LogP contribution in [0.5, 0.6) is 0 Å². The van der Waals surface area contributed by atoms with E-state index in [0.29, 0.717) is 22.2 Å². The van der Waals surface area contributed by atoms with Crippen LogP contribution in [0.1, 0.15) is 20.3 Å². The van der Waals surface area contributed by atoms with Gasteiger partial charge in [-0.1, -0.05) is 48.7 Å². The number of carbonyl (C=O) groups is 1. The van der Waals surface area contributed by atoms with Crippen molar-refractivity contribution < 1.29 is 18.3 Å². The Balaban J connectivity index is 0.00000212. The van der Waals surface area contributed by atoms with Crippen molar-refractivity contribution >= 4 is 68.2 Å². The van der Waals surface area contributed by atoms with Gasteiger partial charge in [-0.15, -0.1) is 12.8 Å². The maximum absolute atomic E-state index is 13.2. The third-order valence-electron chi connectivity index (χ3n) is 3.45. The van der Waals surface area contributed by atoms with E-state index in [4.69, 9.17) is 39.9 Å². The molecule has 5 nitrogen and oxygen atoms in total. The van der Waals surface area contributed by atoms with Crippen LogP contribution in [0.3, 0.4) is 0 Å². The summed E-state index contributed by atoms with van der Waals surface area (Å²) < 4.78 is 27.5. The second-order valence-corrected chi connectivity index (χ2v) is 9.67. The monoisotopic (exact) mass is 523 g/mol. The van der Waals surface area contributed by atoms with Gasteiger partial charge in [0, 0.05) is 16.6 Å². The van der Waals surface area contributed by atoms with E-state index in [2.05, 4.69) is 12.8 Å². The topological polar surface area (TPSA) is 74.7 Å². The van der Waals surface area contributed by atoms with Gasteiger partial charge in [-0.05, 0) is 54.6 Å². The van der Waals surface area contributed by atoms with E-state index < -0.39 is 16.0 Å². The lowest BCUT2D eigenvalue weighted by Crippen LogP contribution is -2.32. The summed E-state index contributed by atoms with van der Waals surface area (Å²) in [7, 11) is -3.91. The first kappa shape index (κ1) is 29.4. The van der Waals surface area contributed by atoms with Gasteiger partial charge in [0.25, 0.3) is 10.0 Å². The maximum Gasteiger partial charge on any atom is 0.313 e. The molecule has 0 atom stereocenters. The largest absolute Gasteiger partial charge is 0.481 e. The number of benzene rings is 2. The molecule has 2 rings (SSSR count). The zero-order valence-corrected chi connectivity index (χ0v) is 21.0. The van der Waals surface area contributed by atoms with Gasteiger partial charge in [-0.3, -0.25) is 9.10 Å². The molecule has 0 saturated heterocycles. The molecule has 1 N–H and O–H groups in total. The molecule has 0 bridgehead atoms. The zero-order chi connectivity index (χ0) is 24.0. The van der Waals surface area contributed by atoms with Gasteiger partial charge < -0.3 is 5.11 Å². The van der Waals surface area contributed by atoms with Crippen LogP contribution in [0.25, 0.3) is 0 Å². The zero-order valence-electron chi connectivity index (χ0n) is 17.1. The summed E-state index contributed by atoms with van der Waals surface area (Å²) >= 11 is 19.3. The minimum atomic E-state index is -3.91. The van der Waals surface area contributed by atoms with Gasteiger partial charge in [0.2, 0.25) is 0 Å². The van der Waals surface area contributed by atoms with E-state index in [0.717, 1.165) is 0 Å². The molecule has 2 aromatic carbocycles. The highest BCUT2D eigenvalue weighted by atomic mass is 35.5. The number of carboxylic acid groups (broad SMARTS) is 1. The van der Waals surface area contributed by atoms with Crippen LogP contribution in [-0.4, -0.2) is 37.5 Å². The Morgan fingerprint density at radius 3 is 2.13 bits per heavy atom. The van der Waals surface area contributed by atoms with Crippen molar-refractivity contribution in [2.45, 2.75) is 25.2 Å². The predicted octanol–water partition coefficient (Wildman–Crippen LogP) is 6.33. The highest BCUT2D eigenvalue weighted by Crippen LogP contribution is 2.33. The van der Waals surface area contributed by atoms with Crippen molar-refractivity contribution in [2.24, 2.45) is 0 Å². The molecule has 0 spiro atoms. The highest BCUT2D eigenvalue weighted by Gasteiger charge is 2.26. The fourth-order valence-electron chi connectivity index (χ4n) is 2.25. The normalized spacial score (nSPS) is 10.2. The number of sulfonamides is 1. The number of rotatable bonds is 9. The lowest BCUT2D eigenvalue weighted by Gasteiger charge is -2.25. The molecule has 170 valence electrons. The van der Waals surface area contributed by atoms with E-state index >= 15 is 0 Å². The van der Waals surface area contributed by atoms with E-state index in [1.54, 1.807) is 6.07 Å². The Kier molecular flexibility index (Phi) is 14.5. The fourth-order valence-corrected chi connectivity index (χ4v) is 4.98. The van der Waals surface area contributed by atoms with Gasteiger partial charge in [-0.2, -0.15) is 11.8 Å². The molecule has 0 saturated carbocycles. The Labute approximate surface area is 203 Å². The standard InChI is InChI=1S/C17H16Cl3NO4S2.C2H6.C2H2/c18-12-2-5-14(6-3-12)27(24,25)21(8-1-9-26-11-17(22)23)16-10-13(19)4-7-15(16)20;2*1-2/h2-7,10H,1,8-9,11H2,(H,22,23);1-2H3;1-2H. The molecular formula is C21H24Cl3NO4S2. The fraction of sp³-hybridized carbons (Fsp3) is 0.286. The van der Waals surface area contributed by atoms with Crippen LogP contribution in [-0.2, 0) is 14.8 Å². The van der Waals surface area contributed by atoms with E-state index in [-0.39, 0.29) is 27.9 Å². The lowest BCUT2D eigenvalue weighted by atomic mass is 10.3. The quantitative estimate of drug-likeness (QED) is 0.307. The van der Waals surface area contributed by atoms with Gasteiger partial charge in [0.15, 0.2) is 0 Å². The van der Waals surface area contributed by atoms with Crippen LogP contribution < -0.4 is 4.31 Å². The number of aliphatic carboxylic acids is 1. The van der Waals surface area contributed by atoms with E-state index in [9.17, 15) is 13.2 Å². The van der Waals surface area contributed by atoms with Crippen LogP contribution in [0.2, 0.25) is 15.1 Å². The minimum Gasteiger partial charge on any atom is -0.481 e. The molecule has 0 fully saturated rings. The van der Waals surface area contributed by atoms with Crippen molar-refractivity contribution in [1.29, 1.82) is 0 Å². The Hall–Kier alpha value is -1.56. The van der Waals surface area contributed by atoms with Crippen molar-refractivity contribution in [3.63, 3.8) is 0 Å². The first-order chi connectivity index (χ1) is 14.7. The van der Waals surface area contributed by atoms with E-state index in [1.807, 2.05) is 13.8 Å². The SMILES string of the molecule is C#C.CC.O=C(O)CSCCCN(c1cc(Cl)ccc1Cl)S(=O)(=O)c1ccc(Cl)cc1. The first-order valence-electron chi connectivity index (χ1n) is 9.08. The van der Waals surface area contributed by atoms with Gasteiger partial charge >= 0.3 is 5.97 Å². The summed E-state index contributed by atoms with van der Waals surface area (Å²) in [4.78, 5) is 10.7. The summed E-state index contributed by atoms with van der Waals surface area (Å²) in [6, 6.07) is 10.4. The number of thioether (sulfide) groups is 1. The number of hydrogen-bond acceptors (Lipinski definition) is 4. The van der Waals surface area contributed by atoms with Crippen LogP contribution >= 0.6 is 46.6 Å². The third-order valence-corrected chi connectivity index (χ3v) is 7.12.